The summed E-state index contributed by atoms with van der Waals surface area (Å²) in [6.45, 7) is 4.42. The molecule has 0 spiro atoms. The van der Waals surface area contributed by atoms with Gasteiger partial charge in [0.15, 0.2) is 0 Å². The van der Waals surface area contributed by atoms with E-state index in [1.54, 1.807) is 0 Å². The SMILES string of the molecule is CC(C)C(N)C1CCC(N)CC1. The van der Waals surface area contributed by atoms with Crippen LogP contribution in [-0.4, -0.2) is 12.1 Å². The molecule has 0 radical (unpaired) electrons. The Kier molecular flexibility index (Phi) is 3.53. The van der Waals surface area contributed by atoms with E-state index in [2.05, 4.69) is 13.8 Å². The van der Waals surface area contributed by atoms with Crippen molar-refractivity contribution in [3.63, 3.8) is 0 Å². The Morgan fingerprint density at radius 3 is 2.00 bits per heavy atom. The van der Waals surface area contributed by atoms with Crippen LogP contribution in [0.15, 0.2) is 0 Å². The molecule has 1 fully saturated rings. The molecule has 0 aromatic heterocycles. The second kappa shape index (κ2) is 4.24. The third-order valence-electron chi connectivity index (χ3n) is 3.13. The van der Waals surface area contributed by atoms with Crippen LogP contribution in [0.25, 0.3) is 0 Å². The van der Waals surface area contributed by atoms with Gasteiger partial charge in [-0.25, -0.2) is 0 Å². The van der Waals surface area contributed by atoms with Crippen molar-refractivity contribution in [3.8, 4) is 0 Å². The Bertz CT molecular complexity index is 126. The summed E-state index contributed by atoms with van der Waals surface area (Å²) < 4.78 is 0. The maximum absolute atomic E-state index is 6.10. The summed E-state index contributed by atoms with van der Waals surface area (Å²) >= 11 is 0. The van der Waals surface area contributed by atoms with Gasteiger partial charge in [-0.2, -0.15) is 0 Å². The highest BCUT2D eigenvalue weighted by molar-refractivity contribution is 4.82. The summed E-state index contributed by atoms with van der Waals surface area (Å²) in [6.07, 6.45) is 4.82. The van der Waals surface area contributed by atoms with E-state index in [0.29, 0.717) is 18.0 Å². The van der Waals surface area contributed by atoms with Gasteiger partial charge in [-0.15, -0.1) is 0 Å². The van der Waals surface area contributed by atoms with E-state index in [0.717, 1.165) is 5.92 Å². The molecule has 1 aliphatic rings. The second-order valence-electron chi connectivity index (χ2n) is 4.50. The maximum Gasteiger partial charge on any atom is 0.00903 e. The zero-order valence-corrected chi connectivity index (χ0v) is 8.29. The summed E-state index contributed by atoms with van der Waals surface area (Å²) in [7, 11) is 0. The molecule has 1 saturated carbocycles. The first kappa shape index (κ1) is 10.0. The molecule has 1 aliphatic carbocycles. The minimum Gasteiger partial charge on any atom is -0.328 e. The molecule has 2 heteroatoms. The molecule has 72 valence electrons. The molecule has 0 amide bonds. The molecule has 2 nitrogen and oxygen atoms in total. The smallest absolute Gasteiger partial charge is 0.00903 e. The van der Waals surface area contributed by atoms with Gasteiger partial charge < -0.3 is 11.5 Å². The van der Waals surface area contributed by atoms with Crippen molar-refractivity contribution in [1.82, 2.24) is 0 Å². The third kappa shape index (κ3) is 2.46. The van der Waals surface area contributed by atoms with Crippen molar-refractivity contribution in [3.05, 3.63) is 0 Å². The van der Waals surface area contributed by atoms with Crippen LogP contribution in [0.4, 0.5) is 0 Å². The van der Waals surface area contributed by atoms with Gasteiger partial charge in [0, 0.05) is 12.1 Å². The average molecular weight is 170 g/mol. The molecule has 0 aromatic carbocycles. The van der Waals surface area contributed by atoms with E-state index in [-0.39, 0.29) is 0 Å². The van der Waals surface area contributed by atoms with Gasteiger partial charge in [0.1, 0.15) is 0 Å². The van der Waals surface area contributed by atoms with Crippen LogP contribution in [0, 0.1) is 11.8 Å². The standard InChI is InChI=1S/C10H22N2/c1-7(2)10(12)8-3-5-9(11)6-4-8/h7-10H,3-6,11-12H2,1-2H3. The van der Waals surface area contributed by atoms with Gasteiger partial charge in [-0.3, -0.25) is 0 Å². The van der Waals surface area contributed by atoms with Crippen molar-refractivity contribution in [2.75, 3.05) is 0 Å². The van der Waals surface area contributed by atoms with E-state index in [1.165, 1.54) is 25.7 Å². The minimum atomic E-state index is 0.387. The molecule has 0 saturated heterocycles. The first-order valence-corrected chi connectivity index (χ1v) is 5.12. The number of rotatable bonds is 2. The molecule has 12 heavy (non-hydrogen) atoms. The third-order valence-corrected chi connectivity index (χ3v) is 3.13. The monoisotopic (exact) mass is 170 g/mol. The van der Waals surface area contributed by atoms with Gasteiger partial charge in [0.2, 0.25) is 0 Å². The van der Waals surface area contributed by atoms with Crippen LogP contribution < -0.4 is 11.5 Å². The first-order valence-electron chi connectivity index (χ1n) is 5.12. The summed E-state index contributed by atoms with van der Waals surface area (Å²) in [5.41, 5.74) is 11.9. The summed E-state index contributed by atoms with van der Waals surface area (Å²) in [5, 5.41) is 0. The van der Waals surface area contributed by atoms with Crippen molar-refractivity contribution >= 4 is 0 Å². The van der Waals surface area contributed by atoms with Crippen molar-refractivity contribution in [1.29, 1.82) is 0 Å². The average Bonchev–Trinajstić information content (AvgIpc) is 2.04. The summed E-state index contributed by atoms with van der Waals surface area (Å²) in [4.78, 5) is 0. The molecule has 1 atom stereocenters. The van der Waals surface area contributed by atoms with Crippen molar-refractivity contribution < 1.29 is 0 Å². The van der Waals surface area contributed by atoms with Gasteiger partial charge in [0.25, 0.3) is 0 Å². The highest BCUT2D eigenvalue weighted by atomic mass is 14.7. The zero-order valence-electron chi connectivity index (χ0n) is 8.29. The fraction of sp³-hybridized carbons (Fsp3) is 1.00. The Balaban J connectivity index is 2.34. The minimum absolute atomic E-state index is 0.387. The van der Waals surface area contributed by atoms with Gasteiger partial charge in [-0.05, 0) is 37.5 Å². The Morgan fingerprint density at radius 1 is 1.08 bits per heavy atom. The van der Waals surface area contributed by atoms with E-state index in [4.69, 9.17) is 11.5 Å². The van der Waals surface area contributed by atoms with Crippen LogP contribution in [0.1, 0.15) is 39.5 Å². The van der Waals surface area contributed by atoms with Crippen molar-refractivity contribution in [2.24, 2.45) is 23.3 Å². The predicted molar refractivity (Wildman–Crippen MR) is 52.7 cm³/mol. The van der Waals surface area contributed by atoms with Crippen LogP contribution in [0.2, 0.25) is 0 Å². The predicted octanol–water partition coefficient (Wildman–Crippen LogP) is 1.49. The molecule has 0 aromatic rings. The fourth-order valence-corrected chi connectivity index (χ4v) is 2.07. The number of hydrogen-bond acceptors (Lipinski definition) is 2. The van der Waals surface area contributed by atoms with Crippen LogP contribution >= 0.6 is 0 Å². The zero-order chi connectivity index (χ0) is 9.14. The van der Waals surface area contributed by atoms with Gasteiger partial charge in [-0.1, -0.05) is 13.8 Å². The lowest BCUT2D eigenvalue weighted by atomic mass is 9.79. The lowest BCUT2D eigenvalue weighted by molar-refractivity contribution is 0.246. The van der Waals surface area contributed by atoms with E-state index in [9.17, 15) is 0 Å². The number of nitrogens with two attached hydrogens (primary N) is 2. The second-order valence-corrected chi connectivity index (χ2v) is 4.50. The molecule has 4 N–H and O–H groups in total. The molecule has 0 heterocycles. The topological polar surface area (TPSA) is 52.0 Å². The van der Waals surface area contributed by atoms with Crippen LogP contribution in [-0.2, 0) is 0 Å². The maximum atomic E-state index is 6.10. The van der Waals surface area contributed by atoms with E-state index >= 15 is 0 Å². The van der Waals surface area contributed by atoms with Crippen LogP contribution in [0.3, 0.4) is 0 Å². The molecular formula is C10H22N2. The highest BCUT2D eigenvalue weighted by Gasteiger charge is 2.25. The van der Waals surface area contributed by atoms with E-state index < -0.39 is 0 Å². The Labute approximate surface area is 75.7 Å². The molecule has 0 aliphatic heterocycles. The largest absolute Gasteiger partial charge is 0.328 e. The highest BCUT2D eigenvalue weighted by Crippen LogP contribution is 2.27. The molecule has 0 bridgehead atoms. The molecule has 1 unspecified atom stereocenters. The fourth-order valence-electron chi connectivity index (χ4n) is 2.07. The molecule has 1 rings (SSSR count). The van der Waals surface area contributed by atoms with Crippen molar-refractivity contribution in [2.45, 2.75) is 51.6 Å². The summed E-state index contributed by atoms with van der Waals surface area (Å²) in [5.74, 6) is 1.34. The van der Waals surface area contributed by atoms with Crippen LogP contribution in [0.5, 0.6) is 0 Å². The summed E-state index contributed by atoms with van der Waals surface area (Å²) in [6, 6.07) is 0.832. The Morgan fingerprint density at radius 2 is 1.58 bits per heavy atom. The first-order chi connectivity index (χ1) is 5.61. The Hall–Kier alpha value is -0.0800. The lowest BCUT2D eigenvalue weighted by Gasteiger charge is -2.32. The number of hydrogen-bond donors (Lipinski definition) is 2. The molecular weight excluding hydrogens is 148 g/mol. The quantitative estimate of drug-likeness (QED) is 0.659. The lowest BCUT2D eigenvalue weighted by Crippen LogP contribution is -2.39. The van der Waals surface area contributed by atoms with Gasteiger partial charge in [0.05, 0.1) is 0 Å². The van der Waals surface area contributed by atoms with Gasteiger partial charge >= 0.3 is 0 Å². The van der Waals surface area contributed by atoms with E-state index in [1.807, 2.05) is 0 Å². The normalized spacial score (nSPS) is 33.8.